The van der Waals surface area contributed by atoms with E-state index in [-0.39, 0.29) is 12.0 Å². The number of amides is 2. The second-order valence-corrected chi connectivity index (χ2v) is 7.80. The van der Waals surface area contributed by atoms with E-state index in [2.05, 4.69) is 25.7 Å². The molecule has 0 unspecified atom stereocenters. The fourth-order valence-electron chi connectivity index (χ4n) is 3.56. The molecule has 1 aliphatic heterocycles. The number of aromatic nitrogens is 4. The summed E-state index contributed by atoms with van der Waals surface area (Å²) in [5.74, 6) is 1.86. The standard InChI is InChI=1S/C22H28N6O4/c1-15(13-32-14-16-8-11-31-12-9-16)24-22(29)26-20-25-21-23-10-7-19(28(21)27-20)17-3-5-18(30-2)6-4-17/h3-7,10,15-16H,8-9,11-14H2,1-2H3,(H2,24,26,27,29)/t15-/m0/s1. The number of anilines is 1. The molecular formula is C22H28N6O4. The van der Waals surface area contributed by atoms with Crippen LogP contribution in [0.2, 0.25) is 0 Å². The van der Waals surface area contributed by atoms with Crippen molar-refractivity contribution in [3.05, 3.63) is 36.5 Å². The SMILES string of the molecule is COc1ccc(-c2ccnc3nc(NC(=O)N[C@@H](C)COCC4CCOCC4)nn23)cc1. The first kappa shape index (κ1) is 22.0. The lowest BCUT2D eigenvalue weighted by molar-refractivity contribution is 0.0171. The average Bonchev–Trinajstić information content (AvgIpc) is 3.22. The highest BCUT2D eigenvalue weighted by Gasteiger charge is 2.16. The van der Waals surface area contributed by atoms with E-state index in [0.29, 0.717) is 24.9 Å². The Balaban J connectivity index is 1.33. The van der Waals surface area contributed by atoms with Crippen molar-refractivity contribution in [2.45, 2.75) is 25.8 Å². The predicted molar refractivity (Wildman–Crippen MR) is 119 cm³/mol. The van der Waals surface area contributed by atoms with Gasteiger partial charge in [-0.3, -0.25) is 5.32 Å². The van der Waals surface area contributed by atoms with Gasteiger partial charge in [-0.15, -0.1) is 5.10 Å². The zero-order valence-corrected chi connectivity index (χ0v) is 18.3. The quantitative estimate of drug-likeness (QED) is 0.554. The Morgan fingerprint density at radius 3 is 2.78 bits per heavy atom. The fraction of sp³-hybridized carbons (Fsp3) is 0.455. The van der Waals surface area contributed by atoms with E-state index < -0.39 is 6.03 Å². The molecule has 170 valence electrons. The first-order chi connectivity index (χ1) is 15.6. The number of nitrogens with one attached hydrogen (secondary N) is 2. The number of benzene rings is 1. The van der Waals surface area contributed by atoms with E-state index >= 15 is 0 Å². The Kier molecular flexibility index (Phi) is 7.13. The van der Waals surface area contributed by atoms with Crippen LogP contribution in [-0.4, -0.2) is 65.2 Å². The Hall–Kier alpha value is -3.24. The summed E-state index contributed by atoms with van der Waals surface area (Å²) in [5.41, 5.74) is 1.72. The third-order valence-corrected chi connectivity index (χ3v) is 5.29. The number of urea groups is 1. The summed E-state index contributed by atoms with van der Waals surface area (Å²) in [4.78, 5) is 20.9. The fourth-order valence-corrected chi connectivity index (χ4v) is 3.56. The Morgan fingerprint density at radius 2 is 2.03 bits per heavy atom. The molecule has 2 N–H and O–H groups in total. The van der Waals surface area contributed by atoms with Crippen molar-refractivity contribution in [1.82, 2.24) is 24.9 Å². The van der Waals surface area contributed by atoms with Crippen molar-refractivity contribution < 1.29 is 19.0 Å². The molecule has 0 bridgehead atoms. The van der Waals surface area contributed by atoms with E-state index in [0.717, 1.165) is 43.1 Å². The van der Waals surface area contributed by atoms with Crippen molar-refractivity contribution in [3.63, 3.8) is 0 Å². The van der Waals surface area contributed by atoms with Gasteiger partial charge in [0.15, 0.2) is 0 Å². The van der Waals surface area contributed by atoms with Crippen LogP contribution in [0.25, 0.3) is 17.0 Å². The molecular weight excluding hydrogens is 412 g/mol. The Bertz CT molecular complexity index is 1030. The van der Waals surface area contributed by atoms with Gasteiger partial charge in [-0.05, 0) is 56.0 Å². The first-order valence-electron chi connectivity index (χ1n) is 10.7. The third-order valence-electron chi connectivity index (χ3n) is 5.29. The first-order valence-corrected chi connectivity index (χ1v) is 10.7. The van der Waals surface area contributed by atoms with E-state index in [9.17, 15) is 4.79 Å². The zero-order valence-electron chi connectivity index (χ0n) is 18.3. The van der Waals surface area contributed by atoms with Crippen LogP contribution in [0.3, 0.4) is 0 Å². The second-order valence-electron chi connectivity index (χ2n) is 7.80. The van der Waals surface area contributed by atoms with Gasteiger partial charge < -0.3 is 19.5 Å². The minimum absolute atomic E-state index is 0.153. The highest BCUT2D eigenvalue weighted by atomic mass is 16.5. The van der Waals surface area contributed by atoms with Crippen molar-refractivity contribution in [3.8, 4) is 17.0 Å². The monoisotopic (exact) mass is 440 g/mol. The van der Waals surface area contributed by atoms with Crippen LogP contribution in [-0.2, 0) is 9.47 Å². The van der Waals surface area contributed by atoms with Crippen LogP contribution in [0.15, 0.2) is 36.5 Å². The molecule has 0 radical (unpaired) electrons. The summed E-state index contributed by atoms with van der Waals surface area (Å²) < 4.78 is 17.9. The molecule has 32 heavy (non-hydrogen) atoms. The van der Waals surface area contributed by atoms with Crippen LogP contribution < -0.4 is 15.4 Å². The van der Waals surface area contributed by atoms with Gasteiger partial charge in [0.05, 0.1) is 25.5 Å². The summed E-state index contributed by atoms with van der Waals surface area (Å²) in [6.45, 7) is 4.61. The number of methoxy groups -OCH3 is 1. The van der Waals surface area contributed by atoms with Crippen LogP contribution in [0, 0.1) is 5.92 Å². The zero-order chi connectivity index (χ0) is 22.3. The summed E-state index contributed by atoms with van der Waals surface area (Å²) in [6.07, 6.45) is 3.70. The van der Waals surface area contributed by atoms with Crippen molar-refractivity contribution >= 4 is 17.8 Å². The van der Waals surface area contributed by atoms with Crippen molar-refractivity contribution in [1.29, 1.82) is 0 Å². The molecule has 3 heterocycles. The topological polar surface area (TPSA) is 112 Å². The summed E-state index contributed by atoms with van der Waals surface area (Å²) in [6, 6.07) is 8.89. The summed E-state index contributed by atoms with van der Waals surface area (Å²) in [5, 5.41) is 9.92. The summed E-state index contributed by atoms with van der Waals surface area (Å²) in [7, 11) is 1.62. The number of fused-ring (bicyclic) bond motifs is 1. The predicted octanol–water partition coefficient (Wildman–Crippen LogP) is 2.75. The molecule has 3 aromatic rings. The molecule has 10 nitrogen and oxygen atoms in total. The lowest BCUT2D eigenvalue weighted by atomic mass is 10.0. The number of hydrogen-bond acceptors (Lipinski definition) is 7. The van der Waals surface area contributed by atoms with Gasteiger partial charge in [-0.2, -0.15) is 9.50 Å². The second kappa shape index (κ2) is 10.4. The van der Waals surface area contributed by atoms with E-state index in [1.807, 2.05) is 37.3 Å². The number of rotatable bonds is 8. The van der Waals surface area contributed by atoms with Crippen LogP contribution in [0.4, 0.5) is 10.7 Å². The normalized spacial score (nSPS) is 15.4. The molecule has 0 saturated carbocycles. The number of nitrogens with zero attached hydrogens (tertiary/aromatic N) is 4. The molecule has 1 fully saturated rings. The maximum atomic E-state index is 12.4. The average molecular weight is 441 g/mol. The summed E-state index contributed by atoms with van der Waals surface area (Å²) >= 11 is 0. The smallest absolute Gasteiger partial charge is 0.321 e. The van der Waals surface area contributed by atoms with Gasteiger partial charge >= 0.3 is 6.03 Å². The lowest BCUT2D eigenvalue weighted by Gasteiger charge is -2.22. The molecule has 1 saturated heterocycles. The van der Waals surface area contributed by atoms with E-state index in [1.165, 1.54) is 0 Å². The van der Waals surface area contributed by atoms with Gasteiger partial charge in [0.25, 0.3) is 11.7 Å². The highest BCUT2D eigenvalue weighted by Crippen LogP contribution is 2.22. The minimum atomic E-state index is -0.394. The minimum Gasteiger partial charge on any atom is -0.497 e. The number of carbonyl (C=O) groups excluding carboxylic acids is 1. The third kappa shape index (κ3) is 5.51. The molecule has 10 heteroatoms. The Labute approximate surface area is 186 Å². The van der Waals surface area contributed by atoms with Crippen molar-refractivity contribution in [2.24, 2.45) is 5.92 Å². The van der Waals surface area contributed by atoms with Gasteiger partial charge in [0.1, 0.15) is 5.75 Å². The van der Waals surface area contributed by atoms with Crippen LogP contribution in [0.1, 0.15) is 19.8 Å². The molecule has 1 aromatic carbocycles. The molecule has 0 aliphatic carbocycles. The van der Waals surface area contributed by atoms with Crippen LogP contribution in [0.5, 0.6) is 5.75 Å². The molecule has 0 spiro atoms. The maximum absolute atomic E-state index is 12.4. The van der Waals surface area contributed by atoms with Crippen LogP contribution >= 0.6 is 0 Å². The molecule has 2 aromatic heterocycles. The van der Waals surface area contributed by atoms with Gasteiger partial charge in [-0.1, -0.05) is 0 Å². The van der Waals surface area contributed by atoms with Crippen molar-refractivity contribution in [2.75, 3.05) is 38.9 Å². The molecule has 4 rings (SSSR count). The molecule has 1 atom stereocenters. The molecule has 2 amide bonds. The van der Waals surface area contributed by atoms with E-state index in [4.69, 9.17) is 14.2 Å². The largest absolute Gasteiger partial charge is 0.497 e. The number of hydrogen-bond donors (Lipinski definition) is 2. The molecule has 1 aliphatic rings. The van der Waals surface area contributed by atoms with Gasteiger partial charge in [-0.25, -0.2) is 9.78 Å². The van der Waals surface area contributed by atoms with E-state index in [1.54, 1.807) is 17.8 Å². The highest BCUT2D eigenvalue weighted by molar-refractivity contribution is 5.87. The Morgan fingerprint density at radius 1 is 1.25 bits per heavy atom. The number of carbonyl (C=O) groups is 1. The lowest BCUT2D eigenvalue weighted by Crippen LogP contribution is -2.39. The van der Waals surface area contributed by atoms with Gasteiger partial charge in [0.2, 0.25) is 0 Å². The van der Waals surface area contributed by atoms with Gasteiger partial charge in [0, 0.05) is 31.6 Å². The number of ether oxygens (including phenoxy) is 3. The maximum Gasteiger partial charge on any atom is 0.321 e.